The Morgan fingerprint density at radius 3 is 1.20 bits per heavy atom. The fourth-order valence-electron chi connectivity index (χ4n) is 3.17. The average Bonchev–Trinajstić information content (AvgIpc) is 2.49. The summed E-state index contributed by atoms with van der Waals surface area (Å²) in [7, 11) is 0. The van der Waals surface area contributed by atoms with E-state index < -0.39 is 23.9 Å². The molecule has 0 saturated heterocycles. The Kier molecular flexibility index (Phi) is 11.1. The molecule has 0 aromatic rings. The van der Waals surface area contributed by atoms with Crippen LogP contribution in [0.2, 0.25) is 0 Å². The van der Waals surface area contributed by atoms with Gasteiger partial charge in [-0.25, -0.2) is 0 Å². The molecule has 0 saturated carbocycles. The van der Waals surface area contributed by atoms with Crippen molar-refractivity contribution in [3.63, 3.8) is 0 Å². The van der Waals surface area contributed by atoms with Gasteiger partial charge in [-0.3, -0.25) is 0 Å². The Labute approximate surface area is 147 Å². The molecule has 0 rings (SSSR count). The molecule has 0 fully saturated rings. The topological polar surface area (TPSA) is 20.2 Å². The fraction of sp³-hybridized carbons (Fsp3) is 1.00. The number of alkyl halides is 6. The van der Waals surface area contributed by atoms with Gasteiger partial charge < -0.3 is 5.11 Å². The van der Waals surface area contributed by atoms with Gasteiger partial charge in [0.15, 0.2) is 0 Å². The summed E-state index contributed by atoms with van der Waals surface area (Å²) in [5.41, 5.74) is -4.62. The molecule has 0 aliphatic carbocycles. The van der Waals surface area contributed by atoms with E-state index in [2.05, 4.69) is 0 Å². The second-order valence-electron chi connectivity index (χ2n) is 6.86. The van der Waals surface area contributed by atoms with Crippen LogP contribution in [0.25, 0.3) is 0 Å². The zero-order valence-corrected chi connectivity index (χ0v) is 15.3. The first-order valence-electron chi connectivity index (χ1n) is 9.38. The lowest BCUT2D eigenvalue weighted by atomic mass is 9.78. The summed E-state index contributed by atoms with van der Waals surface area (Å²) in [5, 5.41) is 9.70. The summed E-state index contributed by atoms with van der Waals surface area (Å²) in [5.74, 6) is -1.84. The van der Waals surface area contributed by atoms with E-state index in [4.69, 9.17) is 0 Å². The standard InChI is InChI=1S/C18H32F6O/c1-3-5-7-9-11-13-15(14-12-10-8-6-4-2)16(25,17(19,20)21)18(22,23)24/h15,25H,3-14H2,1-2H3. The van der Waals surface area contributed by atoms with Crippen LogP contribution in [0.3, 0.4) is 0 Å². The average molecular weight is 378 g/mol. The molecule has 0 atom stereocenters. The summed E-state index contributed by atoms with van der Waals surface area (Å²) in [6.45, 7) is 3.95. The molecule has 0 aromatic heterocycles. The van der Waals surface area contributed by atoms with Gasteiger partial charge in [0.1, 0.15) is 0 Å². The highest BCUT2D eigenvalue weighted by atomic mass is 19.4. The maximum absolute atomic E-state index is 13.1. The van der Waals surface area contributed by atoms with E-state index in [0.29, 0.717) is 12.8 Å². The van der Waals surface area contributed by atoms with Crippen LogP contribution < -0.4 is 0 Å². The van der Waals surface area contributed by atoms with Gasteiger partial charge in [0.25, 0.3) is 5.60 Å². The van der Waals surface area contributed by atoms with Crippen LogP contribution in [-0.2, 0) is 0 Å². The molecule has 1 N–H and O–H groups in total. The van der Waals surface area contributed by atoms with E-state index in [-0.39, 0.29) is 25.7 Å². The SMILES string of the molecule is CCCCCCCC(CCCCCCC)C(O)(C(F)(F)F)C(F)(F)F. The lowest BCUT2D eigenvalue weighted by Gasteiger charge is -2.39. The molecule has 1 nitrogen and oxygen atoms in total. The summed E-state index contributed by atoms with van der Waals surface area (Å²) in [6.07, 6.45) is -4.96. The number of hydrogen-bond donors (Lipinski definition) is 1. The summed E-state index contributed by atoms with van der Waals surface area (Å²) >= 11 is 0. The van der Waals surface area contributed by atoms with Gasteiger partial charge in [-0.2, -0.15) is 26.3 Å². The number of rotatable bonds is 13. The maximum Gasteiger partial charge on any atom is 0.426 e. The van der Waals surface area contributed by atoms with Crippen molar-refractivity contribution < 1.29 is 31.4 Å². The van der Waals surface area contributed by atoms with Crippen molar-refractivity contribution in [2.45, 2.75) is 109 Å². The highest BCUT2D eigenvalue weighted by Crippen LogP contribution is 2.50. The highest BCUT2D eigenvalue weighted by molar-refractivity contribution is 4.99. The summed E-state index contributed by atoms with van der Waals surface area (Å²) in [4.78, 5) is 0. The van der Waals surface area contributed by atoms with Crippen molar-refractivity contribution in [3.05, 3.63) is 0 Å². The molecule has 0 bridgehead atoms. The summed E-state index contributed by atoms with van der Waals surface area (Å²) in [6, 6.07) is 0. The van der Waals surface area contributed by atoms with Gasteiger partial charge in [-0.05, 0) is 12.8 Å². The van der Waals surface area contributed by atoms with Gasteiger partial charge in [-0.15, -0.1) is 0 Å². The van der Waals surface area contributed by atoms with Gasteiger partial charge >= 0.3 is 12.4 Å². The zero-order valence-electron chi connectivity index (χ0n) is 15.3. The Balaban J connectivity index is 5.03. The Morgan fingerprint density at radius 1 is 0.600 bits per heavy atom. The maximum atomic E-state index is 13.1. The number of hydrogen-bond acceptors (Lipinski definition) is 1. The minimum atomic E-state index is -5.72. The first kappa shape index (κ1) is 24.5. The lowest BCUT2D eigenvalue weighted by Crippen LogP contribution is -2.61. The second kappa shape index (κ2) is 11.3. The van der Waals surface area contributed by atoms with E-state index in [1.165, 1.54) is 0 Å². The molecule has 0 aromatic carbocycles. The van der Waals surface area contributed by atoms with Crippen molar-refractivity contribution in [2.75, 3.05) is 0 Å². The molecule has 0 heterocycles. The number of aliphatic hydroxyl groups is 1. The third-order valence-electron chi connectivity index (χ3n) is 4.77. The molecule has 0 aliphatic heterocycles. The lowest BCUT2D eigenvalue weighted by molar-refractivity contribution is -0.386. The monoisotopic (exact) mass is 378 g/mol. The fourth-order valence-corrected chi connectivity index (χ4v) is 3.17. The van der Waals surface area contributed by atoms with E-state index in [9.17, 15) is 31.4 Å². The minimum absolute atomic E-state index is 0.257. The predicted molar refractivity (Wildman–Crippen MR) is 87.3 cm³/mol. The van der Waals surface area contributed by atoms with Crippen LogP contribution in [0.5, 0.6) is 0 Å². The van der Waals surface area contributed by atoms with Gasteiger partial charge in [-0.1, -0.05) is 78.1 Å². The van der Waals surface area contributed by atoms with Gasteiger partial charge in [0.2, 0.25) is 0 Å². The Bertz CT molecular complexity index is 309. The van der Waals surface area contributed by atoms with Crippen molar-refractivity contribution in [2.24, 2.45) is 5.92 Å². The molecule has 152 valence electrons. The van der Waals surface area contributed by atoms with Crippen LogP contribution in [0.1, 0.15) is 90.9 Å². The predicted octanol–water partition coefficient (Wildman–Crippen LogP) is 7.18. The molecule has 25 heavy (non-hydrogen) atoms. The normalized spacial score (nSPS) is 13.7. The van der Waals surface area contributed by atoms with E-state index in [0.717, 1.165) is 38.5 Å². The Hall–Kier alpha value is -0.460. The zero-order chi connectivity index (χ0) is 19.6. The molecule has 0 aliphatic rings. The first-order valence-corrected chi connectivity index (χ1v) is 9.38. The summed E-state index contributed by atoms with van der Waals surface area (Å²) < 4.78 is 78.8. The first-order chi connectivity index (χ1) is 11.5. The van der Waals surface area contributed by atoms with E-state index in [1.807, 2.05) is 13.8 Å². The van der Waals surface area contributed by atoms with Crippen LogP contribution in [-0.4, -0.2) is 23.1 Å². The van der Waals surface area contributed by atoms with Crippen molar-refractivity contribution in [1.29, 1.82) is 0 Å². The van der Waals surface area contributed by atoms with Crippen LogP contribution in [0.4, 0.5) is 26.3 Å². The van der Waals surface area contributed by atoms with Crippen LogP contribution in [0, 0.1) is 5.92 Å². The molecule has 0 amide bonds. The second-order valence-corrected chi connectivity index (χ2v) is 6.86. The third-order valence-corrected chi connectivity index (χ3v) is 4.77. The van der Waals surface area contributed by atoms with E-state index >= 15 is 0 Å². The molecular formula is C18H32F6O. The quantitative estimate of drug-likeness (QED) is 0.266. The van der Waals surface area contributed by atoms with Gasteiger partial charge in [0.05, 0.1) is 0 Å². The van der Waals surface area contributed by atoms with Crippen molar-refractivity contribution in [3.8, 4) is 0 Å². The smallest absolute Gasteiger partial charge is 0.373 e. The third kappa shape index (κ3) is 7.75. The molecular weight excluding hydrogens is 346 g/mol. The molecule has 0 radical (unpaired) electrons. The Morgan fingerprint density at radius 2 is 0.920 bits per heavy atom. The number of unbranched alkanes of at least 4 members (excludes halogenated alkanes) is 8. The number of halogens is 6. The minimum Gasteiger partial charge on any atom is -0.373 e. The highest BCUT2D eigenvalue weighted by Gasteiger charge is 2.73. The van der Waals surface area contributed by atoms with Gasteiger partial charge in [0, 0.05) is 5.92 Å². The van der Waals surface area contributed by atoms with E-state index in [1.54, 1.807) is 0 Å². The molecule has 0 unspecified atom stereocenters. The molecule has 7 heteroatoms. The molecule has 0 spiro atoms. The van der Waals surface area contributed by atoms with Crippen molar-refractivity contribution >= 4 is 0 Å². The van der Waals surface area contributed by atoms with Crippen LogP contribution >= 0.6 is 0 Å². The largest absolute Gasteiger partial charge is 0.426 e. The van der Waals surface area contributed by atoms with Crippen LogP contribution in [0.15, 0.2) is 0 Å². The van der Waals surface area contributed by atoms with Crippen molar-refractivity contribution in [1.82, 2.24) is 0 Å².